The van der Waals surface area contributed by atoms with Crippen LogP contribution in [0.15, 0.2) is 12.4 Å². The average Bonchev–Trinajstić information content (AvgIpc) is 2.39. The van der Waals surface area contributed by atoms with Crippen molar-refractivity contribution in [2.75, 3.05) is 32.1 Å². The van der Waals surface area contributed by atoms with Gasteiger partial charge in [0.1, 0.15) is 0 Å². The molecule has 1 aromatic heterocycles. The second-order valence-corrected chi connectivity index (χ2v) is 5.00. The van der Waals surface area contributed by atoms with Crippen LogP contribution in [-0.2, 0) is 0 Å². The fourth-order valence-corrected chi connectivity index (χ4v) is 2.10. The molecule has 0 amide bonds. The lowest BCUT2D eigenvalue weighted by Crippen LogP contribution is -2.31. The first kappa shape index (κ1) is 12.3. The third-order valence-corrected chi connectivity index (χ3v) is 3.55. The molecular weight excluding hydrogens is 212 g/mol. The van der Waals surface area contributed by atoms with E-state index in [1.807, 2.05) is 12.4 Å². The molecule has 1 aliphatic heterocycles. The molecular formula is C13H22N4. The van der Waals surface area contributed by atoms with Crippen LogP contribution in [0, 0.1) is 0 Å². The van der Waals surface area contributed by atoms with Gasteiger partial charge in [0, 0.05) is 37.1 Å². The molecule has 17 heavy (non-hydrogen) atoms. The SMILES string of the molecule is CC(c1cnc(N2CCCCC2)nc1)N(C)C. The van der Waals surface area contributed by atoms with E-state index in [9.17, 15) is 0 Å². The standard InChI is InChI=1S/C13H22N4/c1-11(16(2)3)12-9-14-13(15-10-12)17-7-5-4-6-8-17/h9-11H,4-8H2,1-3H3. The van der Waals surface area contributed by atoms with E-state index in [0.717, 1.165) is 19.0 Å². The van der Waals surface area contributed by atoms with Gasteiger partial charge in [-0.3, -0.25) is 0 Å². The van der Waals surface area contributed by atoms with Crippen molar-refractivity contribution in [3.8, 4) is 0 Å². The minimum absolute atomic E-state index is 0.366. The highest BCUT2D eigenvalue weighted by molar-refractivity contribution is 5.30. The van der Waals surface area contributed by atoms with Crippen molar-refractivity contribution < 1.29 is 0 Å². The van der Waals surface area contributed by atoms with E-state index in [2.05, 4.69) is 40.8 Å². The van der Waals surface area contributed by atoms with Crippen molar-refractivity contribution in [1.29, 1.82) is 0 Å². The molecule has 0 bridgehead atoms. The number of anilines is 1. The molecule has 2 heterocycles. The zero-order valence-corrected chi connectivity index (χ0v) is 11.1. The number of hydrogen-bond acceptors (Lipinski definition) is 4. The monoisotopic (exact) mass is 234 g/mol. The second kappa shape index (κ2) is 5.45. The maximum atomic E-state index is 4.49. The molecule has 1 saturated heterocycles. The minimum Gasteiger partial charge on any atom is -0.341 e. The fraction of sp³-hybridized carbons (Fsp3) is 0.692. The predicted octanol–water partition coefficient (Wildman–Crippen LogP) is 2.09. The Morgan fingerprint density at radius 1 is 1.12 bits per heavy atom. The van der Waals surface area contributed by atoms with Gasteiger partial charge in [0.05, 0.1) is 0 Å². The van der Waals surface area contributed by atoms with Gasteiger partial charge in [0.2, 0.25) is 5.95 Å². The van der Waals surface area contributed by atoms with Crippen LogP contribution in [-0.4, -0.2) is 42.1 Å². The quantitative estimate of drug-likeness (QED) is 0.801. The van der Waals surface area contributed by atoms with Crippen LogP contribution in [0.4, 0.5) is 5.95 Å². The van der Waals surface area contributed by atoms with Crippen molar-refractivity contribution in [2.24, 2.45) is 0 Å². The molecule has 0 radical (unpaired) electrons. The molecule has 0 aliphatic carbocycles. The van der Waals surface area contributed by atoms with Gasteiger partial charge >= 0.3 is 0 Å². The van der Waals surface area contributed by atoms with Crippen LogP contribution in [0.2, 0.25) is 0 Å². The van der Waals surface area contributed by atoms with Crippen molar-refractivity contribution in [3.05, 3.63) is 18.0 Å². The molecule has 0 aromatic carbocycles. The molecule has 0 spiro atoms. The lowest BCUT2D eigenvalue weighted by molar-refractivity contribution is 0.320. The van der Waals surface area contributed by atoms with Crippen LogP contribution < -0.4 is 4.90 Å². The molecule has 0 N–H and O–H groups in total. The first-order valence-corrected chi connectivity index (χ1v) is 6.42. The molecule has 4 heteroatoms. The highest BCUT2D eigenvalue weighted by Crippen LogP contribution is 2.19. The Kier molecular flexibility index (Phi) is 3.94. The van der Waals surface area contributed by atoms with E-state index in [4.69, 9.17) is 0 Å². The highest BCUT2D eigenvalue weighted by Gasteiger charge is 2.14. The summed E-state index contributed by atoms with van der Waals surface area (Å²) < 4.78 is 0. The van der Waals surface area contributed by atoms with Crippen LogP contribution in [0.1, 0.15) is 37.8 Å². The van der Waals surface area contributed by atoms with Crippen LogP contribution in [0.25, 0.3) is 0 Å². The third-order valence-electron chi connectivity index (χ3n) is 3.55. The summed E-state index contributed by atoms with van der Waals surface area (Å²) in [7, 11) is 4.15. The average molecular weight is 234 g/mol. The summed E-state index contributed by atoms with van der Waals surface area (Å²) in [4.78, 5) is 13.4. The summed E-state index contributed by atoms with van der Waals surface area (Å²) in [6.07, 6.45) is 7.79. The van der Waals surface area contributed by atoms with Gasteiger partial charge in [0.15, 0.2) is 0 Å². The van der Waals surface area contributed by atoms with Gasteiger partial charge in [-0.25, -0.2) is 9.97 Å². The Morgan fingerprint density at radius 2 is 1.71 bits per heavy atom. The van der Waals surface area contributed by atoms with E-state index >= 15 is 0 Å². The van der Waals surface area contributed by atoms with E-state index in [0.29, 0.717) is 6.04 Å². The maximum absolute atomic E-state index is 4.49. The summed E-state index contributed by atoms with van der Waals surface area (Å²) in [6.45, 7) is 4.37. The molecule has 1 aliphatic rings. The first-order valence-electron chi connectivity index (χ1n) is 6.42. The zero-order valence-electron chi connectivity index (χ0n) is 11.1. The lowest BCUT2D eigenvalue weighted by Gasteiger charge is -2.27. The summed E-state index contributed by atoms with van der Waals surface area (Å²) in [6, 6.07) is 0.366. The highest BCUT2D eigenvalue weighted by atomic mass is 15.2. The largest absolute Gasteiger partial charge is 0.341 e. The van der Waals surface area contributed by atoms with Gasteiger partial charge in [-0.1, -0.05) is 0 Å². The topological polar surface area (TPSA) is 32.3 Å². The Labute approximate surface area is 104 Å². The van der Waals surface area contributed by atoms with Crippen LogP contribution in [0.3, 0.4) is 0 Å². The molecule has 4 nitrogen and oxygen atoms in total. The zero-order chi connectivity index (χ0) is 12.3. The van der Waals surface area contributed by atoms with Crippen LogP contribution >= 0.6 is 0 Å². The summed E-state index contributed by atoms with van der Waals surface area (Å²) in [5.41, 5.74) is 1.18. The molecule has 1 atom stereocenters. The van der Waals surface area contributed by atoms with Crippen molar-refractivity contribution in [1.82, 2.24) is 14.9 Å². The molecule has 1 aromatic rings. The van der Waals surface area contributed by atoms with Crippen molar-refractivity contribution >= 4 is 5.95 Å². The van der Waals surface area contributed by atoms with Crippen LogP contribution in [0.5, 0.6) is 0 Å². The summed E-state index contributed by atoms with van der Waals surface area (Å²) in [5.74, 6) is 0.888. The minimum atomic E-state index is 0.366. The molecule has 94 valence electrons. The van der Waals surface area contributed by atoms with E-state index in [-0.39, 0.29) is 0 Å². The molecule has 2 rings (SSSR count). The molecule has 1 unspecified atom stereocenters. The Balaban J connectivity index is 2.06. The normalized spacial score (nSPS) is 18.5. The Bertz CT molecular complexity index is 341. The second-order valence-electron chi connectivity index (χ2n) is 5.00. The third kappa shape index (κ3) is 2.94. The van der Waals surface area contributed by atoms with Crippen molar-refractivity contribution in [2.45, 2.75) is 32.2 Å². The Hall–Kier alpha value is -1.16. The number of aromatic nitrogens is 2. The Morgan fingerprint density at radius 3 is 2.24 bits per heavy atom. The predicted molar refractivity (Wildman–Crippen MR) is 70.2 cm³/mol. The summed E-state index contributed by atoms with van der Waals surface area (Å²) >= 11 is 0. The molecule has 0 saturated carbocycles. The fourth-order valence-electron chi connectivity index (χ4n) is 2.10. The van der Waals surface area contributed by atoms with Gasteiger partial charge in [0.25, 0.3) is 0 Å². The number of rotatable bonds is 3. The first-order chi connectivity index (χ1) is 8.18. The number of nitrogens with zero attached hydrogens (tertiary/aromatic N) is 4. The molecule has 1 fully saturated rings. The van der Waals surface area contributed by atoms with Gasteiger partial charge in [-0.15, -0.1) is 0 Å². The van der Waals surface area contributed by atoms with Gasteiger partial charge in [-0.05, 0) is 40.3 Å². The van der Waals surface area contributed by atoms with Crippen molar-refractivity contribution in [3.63, 3.8) is 0 Å². The van der Waals surface area contributed by atoms with E-state index in [1.165, 1.54) is 24.8 Å². The maximum Gasteiger partial charge on any atom is 0.225 e. The van der Waals surface area contributed by atoms with Gasteiger partial charge in [-0.2, -0.15) is 0 Å². The summed E-state index contributed by atoms with van der Waals surface area (Å²) in [5, 5.41) is 0. The van der Waals surface area contributed by atoms with E-state index < -0.39 is 0 Å². The lowest BCUT2D eigenvalue weighted by atomic mass is 10.1. The van der Waals surface area contributed by atoms with Gasteiger partial charge < -0.3 is 9.80 Å². The van der Waals surface area contributed by atoms with E-state index in [1.54, 1.807) is 0 Å². The number of piperidine rings is 1. The smallest absolute Gasteiger partial charge is 0.225 e. The number of hydrogen-bond donors (Lipinski definition) is 0.